The maximum atomic E-state index is 12.0. The standard InChI is InChI=1S/C2HF6NO4S2.K/c3-1(4,5)2(6,7)14(10,11)9-15(8,12)13;/h9H;. The Morgan fingerprint density at radius 1 is 0.875 bits per heavy atom. The average Bonchev–Trinajstić information content (AvgIpc) is 1.77. The summed E-state index contributed by atoms with van der Waals surface area (Å²) in [6, 6.07) is 0. The van der Waals surface area contributed by atoms with Crippen LogP contribution in [0.5, 0.6) is 0 Å². The summed E-state index contributed by atoms with van der Waals surface area (Å²) in [4.78, 5) is 0. The summed E-state index contributed by atoms with van der Waals surface area (Å²) in [5.74, 6) is 0. The summed E-state index contributed by atoms with van der Waals surface area (Å²) in [6.07, 6.45) is -6.57. The smallest absolute Gasteiger partial charge is 0.205 e. The second-order valence-corrected chi connectivity index (χ2v) is 5.10. The zero-order valence-electron chi connectivity index (χ0n) is 7.22. The Morgan fingerprint density at radius 2 is 1.19 bits per heavy atom. The third-order valence-corrected chi connectivity index (χ3v) is 3.46. The van der Waals surface area contributed by atoms with Gasteiger partial charge in [0.1, 0.15) is 0 Å². The molecule has 0 aliphatic rings. The van der Waals surface area contributed by atoms with Gasteiger partial charge in [-0.1, -0.05) is 8.01 Å². The average molecular weight is 320 g/mol. The molecule has 0 bridgehead atoms. The number of nitrogens with one attached hydrogen (secondary N) is 1. The van der Waals surface area contributed by atoms with Crippen molar-refractivity contribution in [1.29, 1.82) is 0 Å². The Bertz CT molecular complexity index is 438. The molecule has 0 rings (SSSR count). The van der Waals surface area contributed by atoms with Gasteiger partial charge in [0, 0.05) is 51.4 Å². The second-order valence-electron chi connectivity index (χ2n) is 2.04. The topological polar surface area (TPSA) is 80.3 Å². The van der Waals surface area contributed by atoms with Gasteiger partial charge in [-0.2, -0.15) is 30.4 Å². The Balaban J connectivity index is 0. The molecular formula is C2HF6KNO4S2. The van der Waals surface area contributed by atoms with Crippen LogP contribution in [-0.2, 0) is 20.4 Å². The van der Waals surface area contributed by atoms with E-state index in [2.05, 4.69) is 0 Å². The van der Waals surface area contributed by atoms with E-state index in [9.17, 15) is 42.7 Å². The first-order valence-corrected chi connectivity index (χ1v) is 5.49. The molecule has 16 heavy (non-hydrogen) atoms. The normalized spacial score (nSPS) is 14.4. The van der Waals surface area contributed by atoms with Crippen LogP contribution in [0.25, 0.3) is 0 Å². The van der Waals surface area contributed by atoms with Crippen molar-refractivity contribution in [2.45, 2.75) is 11.4 Å². The molecule has 0 aliphatic heterocycles. The van der Waals surface area contributed by atoms with E-state index in [0.29, 0.717) is 0 Å². The Hall–Kier alpha value is 1.08. The molecule has 93 valence electrons. The fraction of sp³-hybridized carbons (Fsp3) is 1.00. The van der Waals surface area contributed by atoms with Gasteiger partial charge in [-0.3, -0.25) is 0 Å². The maximum Gasteiger partial charge on any atom is 0.471 e. The Labute approximate surface area is 128 Å². The fourth-order valence-electron chi connectivity index (χ4n) is 0.336. The summed E-state index contributed by atoms with van der Waals surface area (Å²) < 4.78 is 109. The van der Waals surface area contributed by atoms with Crippen molar-refractivity contribution >= 4 is 71.8 Å². The quantitative estimate of drug-likeness (QED) is 0.447. The first-order valence-electron chi connectivity index (χ1n) is 2.63. The molecule has 0 aliphatic carbocycles. The van der Waals surface area contributed by atoms with Crippen molar-refractivity contribution in [2.24, 2.45) is 0 Å². The van der Waals surface area contributed by atoms with Gasteiger partial charge in [0.25, 0.3) is 0 Å². The molecule has 0 amide bonds. The number of halogens is 6. The summed E-state index contributed by atoms with van der Waals surface area (Å²) >= 11 is 0. The van der Waals surface area contributed by atoms with Crippen molar-refractivity contribution in [3.8, 4) is 0 Å². The van der Waals surface area contributed by atoms with Crippen LogP contribution >= 0.6 is 0 Å². The van der Waals surface area contributed by atoms with Crippen LogP contribution in [0.1, 0.15) is 0 Å². The summed E-state index contributed by atoms with van der Waals surface area (Å²) in [5, 5.41) is -6.42. The SMILES string of the molecule is O=S(=O)(F)NS(=O)(=O)C(F)(F)C(F)(F)F.[K]. The zero-order chi connectivity index (χ0) is 12.7. The molecule has 0 aromatic rings. The van der Waals surface area contributed by atoms with Crippen molar-refractivity contribution in [3.63, 3.8) is 0 Å². The third-order valence-electron chi connectivity index (χ3n) is 0.877. The van der Waals surface area contributed by atoms with Gasteiger partial charge in [-0.05, 0) is 0 Å². The molecule has 1 N–H and O–H groups in total. The predicted molar refractivity (Wildman–Crippen MR) is 38.8 cm³/mol. The summed E-state index contributed by atoms with van der Waals surface area (Å²) in [7, 11) is -13.0. The number of alkyl halides is 5. The van der Waals surface area contributed by atoms with E-state index in [4.69, 9.17) is 0 Å². The molecule has 0 heterocycles. The van der Waals surface area contributed by atoms with Gasteiger partial charge in [0.05, 0.1) is 0 Å². The van der Waals surface area contributed by atoms with Crippen molar-refractivity contribution in [2.75, 3.05) is 0 Å². The van der Waals surface area contributed by atoms with Crippen molar-refractivity contribution < 1.29 is 42.7 Å². The fourth-order valence-corrected chi connectivity index (χ4v) is 2.11. The van der Waals surface area contributed by atoms with Crippen LogP contribution < -0.4 is 4.13 Å². The Kier molecular flexibility index (Phi) is 6.52. The van der Waals surface area contributed by atoms with E-state index in [1.807, 2.05) is 0 Å². The number of sulfonamides is 1. The molecule has 0 saturated carbocycles. The predicted octanol–water partition coefficient (Wildman–Crippen LogP) is -0.106. The molecule has 0 aromatic heterocycles. The van der Waals surface area contributed by atoms with Crippen LogP contribution in [0, 0.1) is 0 Å². The molecular weight excluding hydrogens is 319 g/mol. The monoisotopic (exact) mass is 320 g/mol. The van der Waals surface area contributed by atoms with Gasteiger partial charge in [0.2, 0.25) is 0 Å². The van der Waals surface area contributed by atoms with Gasteiger partial charge in [0.15, 0.2) is 0 Å². The van der Waals surface area contributed by atoms with Gasteiger partial charge >= 0.3 is 31.9 Å². The molecule has 0 fully saturated rings. The molecule has 5 nitrogen and oxygen atoms in total. The van der Waals surface area contributed by atoms with Crippen LogP contribution in [-0.4, -0.2) is 79.7 Å². The van der Waals surface area contributed by atoms with Crippen molar-refractivity contribution in [1.82, 2.24) is 4.13 Å². The minimum atomic E-state index is -6.75. The molecule has 1 radical (unpaired) electrons. The molecule has 0 spiro atoms. The van der Waals surface area contributed by atoms with Crippen LogP contribution in [0.3, 0.4) is 0 Å². The maximum absolute atomic E-state index is 12.0. The first-order chi connectivity index (χ1) is 6.21. The van der Waals surface area contributed by atoms with E-state index in [0.717, 1.165) is 0 Å². The van der Waals surface area contributed by atoms with E-state index in [1.165, 1.54) is 0 Å². The summed E-state index contributed by atoms with van der Waals surface area (Å²) in [6.45, 7) is 0. The number of rotatable bonds is 3. The number of hydrogen-bond acceptors (Lipinski definition) is 4. The van der Waals surface area contributed by atoms with Gasteiger partial charge < -0.3 is 0 Å². The first kappa shape index (κ1) is 19.4. The van der Waals surface area contributed by atoms with E-state index in [1.54, 1.807) is 0 Å². The van der Waals surface area contributed by atoms with Crippen LogP contribution in [0.4, 0.5) is 25.8 Å². The number of hydrogen-bond donors (Lipinski definition) is 1. The summed E-state index contributed by atoms with van der Waals surface area (Å²) in [5.41, 5.74) is 0. The van der Waals surface area contributed by atoms with Crippen LogP contribution in [0.15, 0.2) is 0 Å². The largest absolute Gasteiger partial charge is 0.471 e. The zero-order valence-corrected chi connectivity index (χ0v) is 12.0. The Morgan fingerprint density at radius 3 is 1.38 bits per heavy atom. The van der Waals surface area contributed by atoms with Crippen LogP contribution in [0.2, 0.25) is 0 Å². The third kappa shape index (κ3) is 4.75. The minimum absolute atomic E-state index is 0. The van der Waals surface area contributed by atoms with E-state index in [-0.39, 0.29) is 51.4 Å². The molecule has 14 heteroatoms. The second kappa shape index (κ2) is 5.37. The van der Waals surface area contributed by atoms with E-state index < -0.39 is 36.0 Å². The van der Waals surface area contributed by atoms with Gasteiger partial charge in [-0.15, -0.1) is 0 Å². The molecule has 0 aromatic carbocycles. The molecule has 0 unspecified atom stereocenters. The minimum Gasteiger partial charge on any atom is -0.205 e. The van der Waals surface area contributed by atoms with Gasteiger partial charge in [-0.25, -0.2) is 8.42 Å². The van der Waals surface area contributed by atoms with Crippen molar-refractivity contribution in [3.05, 3.63) is 0 Å². The van der Waals surface area contributed by atoms with E-state index >= 15 is 0 Å². The molecule has 0 saturated heterocycles. The molecule has 0 atom stereocenters.